The summed E-state index contributed by atoms with van der Waals surface area (Å²) in [6.07, 6.45) is 0.749. The van der Waals surface area contributed by atoms with E-state index in [1.807, 2.05) is 32.0 Å². The Balaban J connectivity index is 2.26. The number of benzene rings is 1. The van der Waals surface area contributed by atoms with Crippen molar-refractivity contribution in [2.24, 2.45) is 5.92 Å². The highest BCUT2D eigenvalue weighted by Crippen LogP contribution is 2.26. The topological polar surface area (TPSA) is 57.6 Å². The summed E-state index contributed by atoms with van der Waals surface area (Å²) in [5, 5.41) is 9.05. The van der Waals surface area contributed by atoms with Crippen LogP contribution >= 0.6 is 0 Å². The first kappa shape index (κ1) is 12.6. The van der Waals surface area contributed by atoms with Gasteiger partial charge in [-0.25, -0.2) is 0 Å². The van der Waals surface area contributed by atoms with Crippen molar-refractivity contribution < 1.29 is 14.7 Å². The van der Waals surface area contributed by atoms with Crippen LogP contribution in [0.3, 0.4) is 0 Å². The number of rotatable bonds is 2. The molecule has 2 rings (SSSR count). The highest BCUT2D eigenvalue weighted by atomic mass is 16.4. The molecule has 1 saturated heterocycles. The van der Waals surface area contributed by atoms with E-state index in [9.17, 15) is 9.59 Å². The van der Waals surface area contributed by atoms with Crippen LogP contribution in [0.5, 0.6) is 0 Å². The Bertz CT molecular complexity index is 496. The first-order valence-electron chi connectivity index (χ1n) is 6.09. The lowest BCUT2D eigenvalue weighted by molar-refractivity contribution is -0.142. The number of piperidine rings is 1. The number of aryl methyl sites for hydroxylation is 2. The van der Waals surface area contributed by atoms with Gasteiger partial charge < -0.3 is 10.0 Å². The van der Waals surface area contributed by atoms with Gasteiger partial charge in [-0.3, -0.25) is 9.59 Å². The molecule has 96 valence electrons. The summed E-state index contributed by atoms with van der Waals surface area (Å²) in [4.78, 5) is 24.5. The van der Waals surface area contributed by atoms with E-state index in [0.29, 0.717) is 12.8 Å². The van der Waals surface area contributed by atoms with Gasteiger partial charge in [0.2, 0.25) is 5.91 Å². The van der Waals surface area contributed by atoms with Gasteiger partial charge in [0.05, 0.1) is 5.92 Å². The van der Waals surface area contributed by atoms with E-state index >= 15 is 0 Å². The molecule has 1 heterocycles. The molecular weight excluding hydrogens is 230 g/mol. The predicted molar refractivity (Wildman–Crippen MR) is 68.6 cm³/mol. The minimum atomic E-state index is -0.823. The molecule has 0 bridgehead atoms. The van der Waals surface area contributed by atoms with E-state index in [-0.39, 0.29) is 12.5 Å². The molecule has 1 fully saturated rings. The van der Waals surface area contributed by atoms with Crippen LogP contribution < -0.4 is 4.90 Å². The highest BCUT2D eigenvalue weighted by Gasteiger charge is 2.30. The van der Waals surface area contributed by atoms with Crippen LogP contribution in [0, 0.1) is 19.8 Å². The molecule has 1 atom stereocenters. The maximum absolute atomic E-state index is 11.9. The second-order valence-corrected chi connectivity index (χ2v) is 4.85. The van der Waals surface area contributed by atoms with Crippen LogP contribution in [0.4, 0.5) is 5.69 Å². The second-order valence-electron chi connectivity index (χ2n) is 4.85. The average molecular weight is 247 g/mol. The number of carboxylic acids is 1. The molecule has 1 aliphatic rings. The number of amides is 1. The summed E-state index contributed by atoms with van der Waals surface area (Å²) in [6.45, 7) is 4.27. The first-order valence-corrected chi connectivity index (χ1v) is 6.09. The Morgan fingerprint density at radius 1 is 1.33 bits per heavy atom. The Morgan fingerprint density at radius 2 is 2.06 bits per heavy atom. The van der Waals surface area contributed by atoms with E-state index in [1.165, 1.54) is 0 Å². The number of carbonyl (C=O) groups is 2. The lowest BCUT2D eigenvalue weighted by Gasteiger charge is -2.31. The smallest absolute Gasteiger partial charge is 0.308 e. The molecule has 0 aliphatic carbocycles. The summed E-state index contributed by atoms with van der Waals surface area (Å²) in [6, 6.07) is 5.78. The van der Waals surface area contributed by atoms with Crippen molar-refractivity contribution >= 4 is 17.6 Å². The van der Waals surface area contributed by atoms with E-state index in [2.05, 4.69) is 0 Å². The number of hydrogen-bond acceptors (Lipinski definition) is 2. The number of anilines is 1. The van der Waals surface area contributed by atoms with Crippen LogP contribution in [0.1, 0.15) is 24.0 Å². The van der Waals surface area contributed by atoms with Gasteiger partial charge in [0.15, 0.2) is 0 Å². The molecule has 0 saturated carbocycles. The van der Waals surface area contributed by atoms with Crippen molar-refractivity contribution in [2.45, 2.75) is 26.7 Å². The van der Waals surface area contributed by atoms with Gasteiger partial charge in [0, 0.05) is 18.7 Å². The van der Waals surface area contributed by atoms with Crippen molar-refractivity contribution in [1.82, 2.24) is 0 Å². The minimum Gasteiger partial charge on any atom is -0.481 e. The average Bonchev–Trinajstić information content (AvgIpc) is 2.33. The van der Waals surface area contributed by atoms with Crippen LogP contribution in [0.2, 0.25) is 0 Å². The molecule has 1 aliphatic heterocycles. The summed E-state index contributed by atoms with van der Waals surface area (Å²) >= 11 is 0. The number of aliphatic carboxylic acids is 1. The van der Waals surface area contributed by atoms with Crippen molar-refractivity contribution in [3.63, 3.8) is 0 Å². The van der Waals surface area contributed by atoms with Crippen molar-refractivity contribution in [3.05, 3.63) is 29.3 Å². The van der Waals surface area contributed by atoms with Crippen LogP contribution in [0.25, 0.3) is 0 Å². The minimum absolute atomic E-state index is 0.00996. The zero-order valence-electron chi connectivity index (χ0n) is 10.6. The zero-order valence-corrected chi connectivity index (χ0v) is 10.6. The van der Waals surface area contributed by atoms with E-state index in [0.717, 1.165) is 16.8 Å². The van der Waals surface area contributed by atoms with Gasteiger partial charge in [-0.2, -0.15) is 0 Å². The van der Waals surface area contributed by atoms with Crippen LogP contribution in [-0.2, 0) is 9.59 Å². The third-order valence-electron chi connectivity index (χ3n) is 3.56. The molecule has 0 aromatic heterocycles. The van der Waals surface area contributed by atoms with Gasteiger partial charge >= 0.3 is 5.97 Å². The Labute approximate surface area is 106 Å². The van der Waals surface area contributed by atoms with E-state index in [4.69, 9.17) is 5.11 Å². The van der Waals surface area contributed by atoms with Crippen LogP contribution in [0.15, 0.2) is 18.2 Å². The second kappa shape index (κ2) is 4.80. The molecule has 1 aromatic rings. The maximum Gasteiger partial charge on any atom is 0.308 e. The van der Waals surface area contributed by atoms with Crippen molar-refractivity contribution in [1.29, 1.82) is 0 Å². The summed E-state index contributed by atoms with van der Waals surface area (Å²) in [5.41, 5.74) is 3.07. The number of hydrogen-bond donors (Lipinski definition) is 1. The SMILES string of the molecule is Cc1ccc(N2CC(C(=O)O)CCC2=O)cc1C. The Kier molecular flexibility index (Phi) is 3.36. The Hall–Kier alpha value is -1.84. The monoisotopic (exact) mass is 247 g/mol. The van der Waals surface area contributed by atoms with E-state index < -0.39 is 11.9 Å². The molecule has 18 heavy (non-hydrogen) atoms. The quantitative estimate of drug-likeness (QED) is 0.871. The highest BCUT2D eigenvalue weighted by molar-refractivity contribution is 5.95. The zero-order chi connectivity index (χ0) is 13.3. The largest absolute Gasteiger partial charge is 0.481 e. The third-order valence-corrected chi connectivity index (χ3v) is 3.56. The van der Waals surface area contributed by atoms with Gasteiger partial charge in [-0.05, 0) is 43.5 Å². The molecule has 0 spiro atoms. The normalized spacial score (nSPS) is 20.0. The fraction of sp³-hybridized carbons (Fsp3) is 0.429. The maximum atomic E-state index is 11.9. The predicted octanol–water partition coefficient (Wildman–Crippen LogP) is 2.13. The fourth-order valence-corrected chi connectivity index (χ4v) is 2.19. The number of nitrogens with zero attached hydrogens (tertiary/aromatic N) is 1. The molecule has 1 aromatic carbocycles. The molecular formula is C14H17NO3. The van der Waals surface area contributed by atoms with Crippen molar-refractivity contribution in [2.75, 3.05) is 11.4 Å². The third kappa shape index (κ3) is 2.37. The van der Waals surface area contributed by atoms with E-state index in [1.54, 1.807) is 4.90 Å². The van der Waals surface area contributed by atoms with Crippen molar-refractivity contribution in [3.8, 4) is 0 Å². The lowest BCUT2D eigenvalue weighted by Crippen LogP contribution is -2.42. The molecule has 1 amide bonds. The standard InChI is InChI=1S/C14H17NO3/c1-9-3-5-12(7-10(9)2)15-8-11(14(17)18)4-6-13(15)16/h3,5,7,11H,4,6,8H2,1-2H3,(H,17,18). The molecule has 4 heteroatoms. The molecule has 1 N–H and O–H groups in total. The van der Waals surface area contributed by atoms with Gasteiger partial charge in [-0.1, -0.05) is 6.07 Å². The number of carbonyl (C=O) groups excluding carboxylic acids is 1. The summed E-state index contributed by atoms with van der Waals surface area (Å²) in [7, 11) is 0. The van der Waals surface area contributed by atoms with Gasteiger partial charge in [-0.15, -0.1) is 0 Å². The summed E-state index contributed by atoms with van der Waals surface area (Å²) < 4.78 is 0. The van der Waals surface area contributed by atoms with Crippen LogP contribution in [-0.4, -0.2) is 23.5 Å². The Morgan fingerprint density at radius 3 is 2.67 bits per heavy atom. The first-order chi connectivity index (χ1) is 8.49. The number of carboxylic acid groups (broad SMARTS) is 1. The molecule has 0 radical (unpaired) electrons. The fourth-order valence-electron chi connectivity index (χ4n) is 2.19. The summed E-state index contributed by atoms with van der Waals surface area (Å²) in [5.74, 6) is -1.27. The molecule has 4 nitrogen and oxygen atoms in total. The lowest BCUT2D eigenvalue weighted by atomic mass is 9.96. The van der Waals surface area contributed by atoms with Gasteiger partial charge in [0.1, 0.15) is 0 Å². The molecule has 1 unspecified atom stereocenters. The van der Waals surface area contributed by atoms with Gasteiger partial charge in [0.25, 0.3) is 0 Å².